The Labute approximate surface area is 109 Å². The third-order valence-corrected chi connectivity index (χ3v) is 3.55. The Morgan fingerprint density at radius 1 is 1.33 bits per heavy atom. The van der Waals surface area contributed by atoms with E-state index in [1.54, 1.807) is 0 Å². The number of carbonyl (C=O) groups is 1. The molecule has 0 fully saturated rings. The molecule has 0 aliphatic heterocycles. The summed E-state index contributed by atoms with van der Waals surface area (Å²) in [5.74, 6) is -0.757. The Balaban J connectivity index is 3.03. The second-order valence-electron chi connectivity index (χ2n) is 4.92. The Morgan fingerprint density at radius 3 is 2.39 bits per heavy atom. The molecule has 0 aliphatic carbocycles. The molecule has 1 rings (SSSR count). The maximum atomic E-state index is 11.6. The molecule has 0 aliphatic rings. The van der Waals surface area contributed by atoms with Crippen LogP contribution in [0.1, 0.15) is 31.9 Å². The summed E-state index contributed by atoms with van der Waals surface area (Å²) in [6.07, 6.45) is 0.533. The smallest absolute Gasteiger partial charge is 0.324 e. The van der Waals surface area contributed by atoms with E-state index in [0.717, 1.165) is 18.7 Å². The number of carboxylic acids is 1. The number of likely N-dealkylation sites (N-methyl/N-ethyl adjacent to an activating group) is 1. The van der Waals surface area contributed by atoms with E-state index in [0.29, 0.717) is 6.42 Å². The highest BCUT2D eigenvalue weighted by Gasteiger charge is 2.38. The zero-order valence-electron chi connectivity index (χ0n) is 11.7. The number of benzene rings is 1. The number of carboxylic acid groups (broad SMARTS) is 1. The summed E-state index contributed by atoms with van der Waals surface area (Å²) < 4.78 is 0. The van der Waals surface area contributed by atoms with Gasteiger partial charge in [-0.25, -0.2) is 0 Å². The molecule has 0 saturated heterocycles. The van der Waals surface area contributed by atoms with Crippen LogP contribution >= 0.6 is 0 Å². The number of hydrogen-bond acceptors (Lipinski definition) is 2. The first-order valence-electron chi connectivity index (χ1n) is 6.48. The molecule has 0 spiro atoms. The van der Waals surface area contributed by atoms with E-state index < -0.39 is 11.5 Å². The fraction of sp³-hybridized carbons (Fsp3) is 0.533. The quantitative estimate of drug-likeness (QED) is 0.842. The number of aryl methyl sites for hydroxylation is 1. The Hall–Kier alpha value is -1.35. The van der Waals surface area contributed by atoms with Gasteiger partial charge in [0.2, 0.25) is 0 Å². The van der Waals surface area contributed by atoms with Crippen molar-refractivity contribution in [3.05, 3.63) is 35.4 Å². The van der Waals surface area contributed by atoms with Crippen LogP contribution in [-0.4, -0.2) is 34.6 Å². The average Bonchev–Trinajstić information content (AvgIpc) is 2.30. The van der Waals surface area contributed by atoms with Gasteiger partial charge in [-0.05, 0) is 32.5 Å². The van der Waals surface area contributed by atoms with Crippen molar-refractivity contribution in [2.45, 2.75) is 39.7 Å². The maximum absolute atomic E-state index is 11.6. The van der Waals surface area contributed by atoms with Gasteiger partial charge in [-0.3, -0.25) is 9.69 Å². The molecule has 0 saturated carbocycles. The lowest BCUT2D eigenvalue weighted by Crippen LogP contribution is -2.53. The van der Waals surface area contributed by atoms with Gasteiger partial charge < -0.3 is 5.11 Å². The predicted molar refractivity (Wildman–Crippen MR) is 73.8 cm³/mol. The van der Waals surface area contributed by atoms with Gasteiger partial charge in [0.1, 0.15) is 5.54 Å². The first kappa shape index (κ1) is 14.7. The number of aliphatic carboxylic acids is 1. The standard InChI is InChI=1S/C15H23NO2/c1-5-16(6-2)15(4,14(17)18)11-13-9-7-8-12(3)10-13/h7-10H,5-6,11H2,1-4H3,(H,17,18). The number of hydrogen-bond donors (Lipinski definition) is 1. The van der Waals surface area contributed by atoms with Gasteiger partial charge in [-0.1, -0.05) is 43.7 Å². The Kier molecular flexibility index (Phi) is 4.91. The van der Waals surface area contributed by atoms with Crippen molar-refractivity contribution in [1.82, 2.24) is 4.90 Å². The summed E-state index contributed by atoms with van der Waals surface area (Å²) in [5, 5.41) is 9.55. The zero-order chi connectivity index (χ0) is 13.8. The van der Waals surface area contributed by atoms with Crippen LogP contribution in [0.4, 0.5) is 0 Å². The molecule has 3 nitrogen and oxygen atoms in total. The van der Waals surface area contributed by atoms with Gasteiger partial charge in [0.25, 0.3) is 0 Å². The third kappa shape index (κ3) is 3.10. The monoisotopic (exact) mass is 249 g/mol. The molecule has 0 amide bonds. The lowest BCUT2D eigenvalue weighted by Gasteiger charge is -2.36. The third-order valence-electron chi connectivity index (χ3n) is 3.55. The van der Waals surface area contributed by atoms with E-state index in [4.69, 9.17) is 0 Å². The summed E-state index contributed by atoms with van der Waals surface area (Å²) in [5.41, 5.74) is 1.41. The van der Waals surface area contributed by atoms with Crippen LogP contribution in [-0.2, 0) is 11.2 Å². The largest absolute Gasteiger partial charge is 0.480 e. The summed E-state index contributed by atoms with van der Waals surface area (Å²) in [4.78, 5) is 13.6. The van der Waals surface area contributed by atoms with Crippen LogP contribution in [0.15, 0.2) is 24.3 Å². The van der Waals surface area contributed by atoms with Gasteiger partial charge in [0, 0.05) is 6.42 Å². The molecule has 1 N–H and O–H groups in total. The molecule has 1 atom stereocenters. The van der Waals surface area contributed by atoms with Crippen LogP contribution in [0.3, 0.4) is 0 Å². The lowest BCUT2D eigenvalue weighted by atomic mass is 9.90. The first-order chi connectivity index (χ1) is 8.43. The van der Waals surface area contributed by atoms with Gasteiger partial charge in [-0.2, -0.15) is 0 Å². The maximum Gasteiger partial charge on any atom is 0.324 e. The fourth-order valence-electron chi connectivity index (χ4n) is 2.46. The van der Waals surface area contributed by atoms with Crippen LogP contribution in [0.25, 0.3) is 0 Å². The minimum atomic E-state index is -0.836. The summed E-state index contributed by atoms with van der Waals surface area (Å²) >= 11 is 0. The highest BCUT2D eigenvalue weighted by atomic mass is 16.4. The van der Waals surface area contributed by atoms with Crippen molar-refractivity contribution >= 4 is 5.97 Å². The highest BCUT2D eigenvalue weighted by molar-refractivity contribution is 5.78. The van der Waals surface area contributed by atoms with Crippen molar-refractivity contribution in [3.8, 4) is 0 Å². The molecule has 1 aromatic rings. The summed E-state index contributed by atoms with van der Waals surface area (Å²) in [7, 11) is 0. The topological polar surface area (TPSA) is 40.5 Å². The van der Waals surface area contributed by atoms with E-state index in [9.17, 15) is 9.90 Å². The SMILES string of the molecule is CCN(CC)C(C)(Cc1cccc(C)c1)C(=O)O. The van der Waals surface area contributed by atoms with Gasteiger partial charge in [0.05, 0.1) is 0 Å². The van der Waals surface area contributed by atoms with E-state index in [2.05, 4.69) is 6.07 Å². The second kappa shape index (κ2) is 6.01. The van der Waals surface area contributed by atoms with Gasteiger partial charge in [-0.15, -0.1) is 0 Å². The summed E-state index contributed by atoms with van der Waals surface area (Å²) in [6, 6.07) is 8.07. The fourth-order valence-corrected chi connectivity index (χ4v) is 2.46. The molecule has 18 heavy (non-hydrogen) atoms. The molecule has 100 valence electrons. The highest BCUT2D eigenvalue weighted by Crippen LogP contribution is 2.22. The molecule has 0 aromatic heterocycles. The predicted octanol–water partition coefficient (Wildman–Crippen LogP) is 2.72. The van der Waals surface area contributed by atoms with E-state index in [1.807, 2.05) is 50.8 Å². The van der Waals surface area contributed by atoms with Crippen LogP contribution in [0, 0.1) is 6.92 Å². The van der Waals surface area contributed by atoms with E-state index in [1.165, 1.54) is 5.56 Å². The summed E-state index contributed by atoms with van der Waals surface area (Å²) in [6.45, 7) is 9.32. The molecule has 0 bridgehead atoms. The normalized spacial score (nSPS) is 14.5. The van der Waals surface area contributed by atoms with Gasteiger partial charge in [0.15, 0.2) is 0 Å². The van der Waals surface area contributed by atoms with Crippen LogP contribution in [0.2, 0.25) is 0 Å². The van der Waals surface area contributed by atoms with Crippen molar-refractivity contribution in [2.75, 3.05) is 13.1 Å². The molecular formula is C15H23NO2. The molecule has 0 radical (unpaired) electrons. The average molecular weight is 249 g/mol. The molecule has 0 heterocycles. The van der Waals surface area contributed by atoms with E-state index >= 15 is 0 Å². The van der Waals surface area contributed by atoms with Crippen LogP contribution in [0.5, 0.6) is 0 Å². The number of rotatable bonds is 6. The van der Waals surface area contributed by atoms with Crippen molar-refractivity contribution < 1.29 is 9.90 Å². The Bertz CT molecular complexity index is 413. The minimum absolute atomic E-state index is 0.533. The minimum Gasteiger partial charge on any atom is -0.480 e. The Morgan fingerprint density at radius 2 is 1.94 bits per heavy atom. The molecule has 1 aromatic carbocycles. The van der Waals surface area contributed by atoms with Crippen molar-refractivity contribution in [3.63, 3.8) is 0 Å². The van der Waals surface area contributed by atoms with Gasteiger partial charge >= 0.3 is 5.97 Å². The zero-order valence-corrected chi connectivity index (χ0v) is 11.7. The number of nitrogens with zero attached hydrogens (tertiary/aromatic N) is 1. The second-order valence-corrected chi connectivity index (χ2v) is 4.92. The molecule has 3 heteroatoms. The lowest BCUT2D eigenvalue weighted by molar-refractivity contribution is -0.150. The van der Waals surface area contributed by atoms with E-state index in [-0.39, 0.29) is 0 Å². The molecular weight excluding hydrogens is 226 g/mol. The van der Waals surface area contributed by atoms with Crippen molar-refractivity contribution in [1.29, 1.82) is 0 Å². The molecule has 1 unspecified atom stereocenters. The van der Waals surface area contributed by atoms with Crippen molar-refractivity contribution in [2.24, 2.45) is 0 Å². The first-order valence-corrected chi connectivity index (χ1v) is 6.48. The van der Waals surface area contributed by atoms with Crippen LogP contribution < -0.4 is 0 Å².